The summed E-state index contributed by atoms with van der Waals surface area (Å²) in [6.07, 6.45) is 0.498. The zero-order valence-electron chi connectivity index (χ0n) is 14.6. The lowest BCUT2D eigenvalue weighted by atomic mass is 9.97. The van der Waals surface area contributed by atoms with Crippen LogP contribution in [-0.4, -0.2) is 30.2 Å². The minimum absolute atomic E-state index is 0.0321. The maximum atomic E-state index is 12.3. The molecule has 7 nitrogen and oxygen atoms in total. The molecule has 0 saturated heterocycles. The van der Waals surface area contributed by atoms with Crippen LogP contribution >= 0.6 is 0 Å². The molecule has 0 saturated carbocycles. The van der Waals surface area contributed by atoms with Crippen molar-refractivity contribution in [1.29, 1.82) is 0 Å². The van der Waals surface area contributed by atoms with Gasteiger partial charge in [0.1, 0.15) is 17.4 Å². The Kier molecular flexibility index (Phi) is 4.74. The second-order valence-electron chi connectivity index (χ2n) is 6.08. The van der Waals surface area contributed by atoms with Crippen LogP contribution in [0.2, 0.25) is 0 Å². The molecule has 2 heterocycles. The molecular weight excluding hydrogens is 324 g/mol. The van der Waals surface area contributed by atoms with E-state index in [0.29, 0.717) is 29.0 Å². The van der Waals surface area contributed by atoms with E-state index in [1.54, 1.807) is 6.07 Å². The Morgan fingerprint density at radius 3 is 2.44 bits per heavy atom. The second-order valence-corrected chi connectivity index (χ2v) is 6.08. The molecule has 25 heavy (non-hydrogen) atoms. The van der Waals surface area contributed by atoms with Crippen LogP contribution in [0.5, 0.6) is 23.5 Å². The van der Waals surface area contributed by atoms with E-state index in [1.165, 1.54) is 20.3 Å². The van der Waals surface area contributed by atoms with E-state index < -0.39 is 5.97 Å². The number of aromatic nitrogens is 2. The van der Waals surface area contributed by atoms with Gasteiger partial charge in [-0.2, -0.15) is 9.97 Å². The second kappa shape index (κ2) is 6.96. The van der Waals surface area contributed by atoms with E-state index in [4.69, 9.17) is 18.9 Å². The van der Waals surface area contributed by atoms with Crippen molar-refractivity contribution in [1.82, 2.24) is 9.97 Å². The van der Waals surface area contributed by atoms with Crippen molar-refractivity contribution in [3.8, 4) is 23.5 Å². The van der Waals surface area contributed by atoms with Crippen molar-refractivity contribution in [2.24, 2.45) is 5.92 Å². The van der Waals surface area contributed by atoms with Crippen LogP contribution in [-0.2, 0) is 4.74 Å². The summed E-state index contributed by atoms with van der Waals surface area (Å²) in [5, 5.41) is 0. The molecule has 0 N–H and O–H groups in total. The molecule has 0 radical (unpaired) electrons. The summed E-state index contributed by atoms with van der Waals surface area (Å²) >= 11 is 0. The molecule has 0 bridgehead atoms. The zero-order chi connectivity index (χ0) is 18.0. The first-order valence-corrected chi connectivity index (χ1v) is 8.00. The molecule has 2 aromatic rings. The highest BCUT2D eigenvalue weighted by atomic mass is 16.6. The third-order valence-corrected chi connectivity index (χ3v) is 3.82. The predicted octanol–water partition coefficient (Wildman–Crippen LogP) is 3.54. The monoisotopic (exact) mass is 344 g/mol. The zero-order valence-corrected chi connectivity index (χ0v) is 14.6. The highest BCUT2D eigenvalue weighted by Crippen LogP contribution is 2.40. The number of benzene rings is 1. The third kappa shape index (κ3) is 3.50. The molecule has 1 unspecified atom stereocenters. The fraction of sp³-hybridized carbons (Fsp3) is 0.389. The van der Waals surface area contributed by atoms with Gasteiger partial charge in [-0.1, -0.05) is 26.0 Å². The Morgan fingerprint density at radius 1 is 1.16 bits per heavy atom. The van der Waals surface area contributed by atoms with Crippen LogP contribution < -0.4 is 14.2 Å². The van der Waals surface area contributed by atoms with Crippen LogP contribution in [0.15, 0.2) is 24.3 Å². The van der Waals surface area contributed by atoms with Gasteiger partial charge < -0.3 is 18.9 Å². The first-order chi connectivity index (χ1) is 12.0. The topological polar surface area (TPSA) is 79.8 Å². The number of cyclic esters (lactones) is 1. The quantitative estimate of drug-likeness (QED) is 0.741. The Labute approximate surface area is 145 Å². The van der Waals surface area contributed by atoms with Gasteiger partial charge in [0.25, 0.3) is 0 Å². The number of ether oxygens (including phenoxy) is 4. The molecule has 0 spiro atoms. The van der Waals surface area contributed by atoms with Crippen molar-refractivity contribution in [2.45, 2.75) is 26.4 Å². The van der Waals surface area contributed by atoms with Gasteiger partial charge in [-0.25, -0.2) is 4.79 Å². The van der Waals surface area contributed by atoms with Crippen LogP contribution in [0.3, 0.4) is 0 Å². The fourth-order valence-corrected chi connectivity index (χ4v) is 2.71. The van der Waals surface area contributed by atoms with Crippen molar-refractivity contribution < 1.29 is 23.7 Å². The van der Waals surface area contributed by atoms with Crippen molar-refractivity contribution in [2.75, 3.05) is 14.2 Å². The van der Waals surface area contributed by atoms with Gasteiger partial charge >= 0.3 is 12.0 Å². The molecule has 1 aromatic heterocycles. The average Bonchev–Trinajstić information content (AvgIpc) is 2.90. The Hall–Kier alpha value is -2.83. The number of hydrogen-bond donors (Lipinski definition) is 0. The lowest BCUT2D eigenvalue weighted by molar-refractivity contribution is 0.0342. The molecule has 1 aromatic carbocycles. The highest BCUT2D eigenvalue weighted by molar-refractivity contribution is 5.97. The van der Waals surface area contributed by atoms with Crippen molar-refractivity contribution >= 4 is 5.97 Å². The average molecular weight is 344 g/mol. The number of nitrogens with zero attached hydrogens (tertiary/aromatic N) is 2. The summed E-state index contributed by atoms with van der Waals surface area (Å²) in [4.78, 5) is 20.6. The van der Waals surface area contributed by atoms with Gasteiger partial charge in [-0.3, -0.25) is 0 Å². The minimum Gasteiger partial charge on any atom is -0.481 e. The Bertz CT molecular complexity index is 769. The largest absolute Gasteiger partial charge is 0.481 e. The van der Waals surface area contributed by atoms with Crippen LogP contribution in [0, 0.1) is 5.92 Å². The summed E-state index contributed by atoms with van der Waals surface area (Å²) in [5.74, 6) is 0.957. The van der Waals surface area contributed by atoms with Gasteiger partial charge in [0, 0.05) is 5.56 Å². The Balaban J connectivity index is 1.95. The minimum atomic E-state index is -0.397. The molecule has 1 aliphatic heterocycles. The molecule has 132 valence electrons. The van der Waals surface area contributed by atoms with Crippen LogP contribution in [0.4, 0.5) is 0 Å². The number of esters is 1. The van der Waals surface area contributed by atoms with E-state index in [1.807, 2.05) is 12.1 Å². The van der Waals surface area contributed by atoms with Gasteiger partial charge in [0.05, 0.1) is 20.3 Å². The van der Waals surface area contributed by atoms with Gasteiger partial charge in [0.15, 0.2) is 0 Å². The van der Waals surface area contributed by atoms with E-state index in [-0.39, 0.29) is 12.1 Å². The first-order valence-electron chi connectivity index (χ1n) is 8.00. The van der Waals surface area contributed by atoms with E-state index in [9.17, 15) is 4.79 Å². The lowest BCUT2D eigenvalue weighted by Gasteiger charge is -2.13. The molecule has 1 aliphatic rings. The summed E-state index contributed by atoms with van der Waals surface area (Å²) < 4.78 is 21.5. The molecule has 1 atom stereocenters. The summed E-state index contributed by atoms with van der Waals surface area (Å²) in [6, 6.07) is 6.96. The molecule has 0 fully saturated rings. The number of methoxy groups -OCH3 is 2. The predicted molar refractivity (Wildman–Crippen MR) is 89.3 cm³/mol. The summed E-state index contributed by atoms with van der Waals surface area (Å²) in [5.41, 5.74) is 1.24. The van der Waals surface area contributed by atoms with E-state index >= 15 is 0 Å². The maximum absolute atomic E-state index is 12.3. The van der Waals surface area contributed by atoms with E-state index in [2.05, 4.69) is 23.8 Å². The molecule has 0 amide bonds. The smallest absolute Gasteiger partial charge is 0.342 e. The number of fused-ring (bicyclic) bond motifs is 1. The summed E-state index contributed by atoms with van der Waals surface area (Å²) in [6.45, 7) is 4.17. The number of carbonyl (C=O) groups excluding carboxylic acids is 1. The normalized spacial score (nSPS) is 15.7. The number of carbonyl (C=O) groups is 1. The van der Waals surface area contributed by atoms with Gasteiger partial charge in [0.2, 0.25) is 11.8 Å². The van der Waals surface area contributed by atoms with E-state index in [0.717, 1.165) is 12.0 Å². The standard InChI is InChI=1S/C18H20N2O5/c1-10(2)8-13-11-6-5-7-12(16(11)17(21)24-13)25-18-19-14(22-3)9-15(20-18)23-4/h5-7,9-10,13H,8H2,1-4H3. The SMILES string of the molecule is COc1cc(OC)nc(Oc2cccc3c2C(=O)OC3CC(C)C)n1. The lowest BCUT2D eigenvalue weighted by Crippen LogP contribution is -2.02. The van der Waals surface area contributed by atoms with Gasteiger partial charge in [-0.15, -0.1) is 0 Å². The van der Waals surface area contributed by atoms with Crippen molar-refractivity contribution in [3.63, 3.8) is 0 Å². The molecule has 3 rings (SSSR count). The van der Waals surface area contributed by atoms with Crippen molar-refractivity contribution in [3.05, 3.63) is 35.4 Å². The maximum Gasteiger partial charge on any atom is 0.342 e. The fourth-order valence-electron chi connectivity index (χ4n) is 2.71. The third-order valence-electron chi connectivity index (χ3n) is 3.82. The highest BCUT2D eigenvalue weighted by Gasteiger charge is 2.34. The van der Waals surface area contributed by atoms with Gasteiger partial charge in [-0.05, 0) is 18.4 Å². The Morgan fingerprint density at radius 2 is 1.84 bits per heavy atom. The molecular formula is C18H20N2O5. The first kappa shape index (κ1) is 17.0. The molecule has 0 aliphatic carbocycles. The molecule has 7 heteroatoms. The van der Waals surface area contributed by atoms with Crippen LogP contribution in [0.1, 0.15) is 42.3 Å². The number of rotatable bonds is 6. The summed E-state index contributed by atoms with van der Waals surface area (Å²) in [7, 11) is 2.97. The van der Waals surface area contributed by atoms with Crippen LogP contribution in [0.25, 0.3) is 0 Å². The number of hydrogen-bond acceptors (Lipinski definition) is 7.